The van der Waals surface area contributed by atoms with Crippen LogP contribution in [0.2, 0.25) is 0 Å². The first-order valence-corrected chi connectivity index (χ1v) is 9.89. The van der Waals surface area contributed by atoms with Crippen LogP contribution in [0.25, 0.3) is 20.7 Å². The Morgan fingerprint density at radius 2 is 2.08 bits per heavy atom. The molecular formula is C18H16FN3OS2. The van der Waals surface area contributed by atoms with Crippen molar-refractivity contribution in [3.8, 4) is 10.4 Å². The molecule has 0 atom stereocenters. The van der Waals surface area contributed by atoms with Crippen LogP contribution < -0.4 is 5.32 Å². The number of benzene rings is 1. The first-order chi connectivity index (χ1) is 12.2. The van der Waals surface area contributed by atoms with E-state index in [1.54, 1.807) is 23.5 Å². The summed E-state index contributed by atoms with van der Waals surface area (Å²) < 4.78 is 14.1. The van der Waals surface area contributed by atoms with Gasteiger partial charge in [0.05, 0.1) is 16.0 Å². The third-order valence-corrected chi connectivity index (χ3v) is 6.33. The van der Waals surface area contributed by atoms with Gasteiger partial charge in [-0.05, 0) is 42.5 Å². The van der Waals surface area contributed by atoms with E-state index in [9.17, 15) is 9.18 Å². The Kier molecular flexibility index (Phi) is 4.67. The summed E-state index contributed by atoms with van der Waals surface area (Å²) in [6, 6.07) is 8.39. The SMILES string of the molecule is O=C(CSc1ncnc2cc(-c3ccc(F)cc3)sc12)NCC1CC1. The predicted molar refractivity (Wildman–Crippen MR) is 99.3 cm³/mol. The molecule has 2 aromatic heterocycles. The second-order valence-electron chi connectivity index (χ2n) is 6.05. The summed E-state index contributed by atoms with van der Waals surface area (Å²) in [6.45, 7) is 0.784. The Morgan fingerprint density at radius 3 is 2.84 bits per heavy atom. The lowest BCUT2D eigenvalue weighted by Crippen LogP contribution is -2.27. The van der Waals surface area contributed by atoms with E-state index in [0.717, 1.165) is 32.2 Å². The molecule has 7 heteroatoms. The molecule has 1 saturated carbocycles. The number of fused-ring (bicyclic) bond motifs is 1. The molecule has 0 radical (unpaired) electrons. The number of thioether (sulfide) groups is 1. The number of thiophene rings is 1. The van der Waals surface area contributed by atoms with Crippen LogP contribution in [0, 0.1) is 11.7 Å². The first-order valence-electron chi connectivity index (χ1n) is 8.09. The zero-order valence-electron chi connectivity index (χ0n) is 13.4. The van der Waals surface area contributed by atoms with Crippen LogP contribution in [0.3, 0.4) is 0 Å². The van der Waals surface area contributed by atoms with Gasteiger partial charge in [-0.3, -0.25) is 4.79 Å². The van der Waals surface area contributed by atoms with Crippen LogP contribution in [0.5, 0.6) is 0 Å². The van der Waals surface area contributed by atoms with Gasteiger partial charge in [-0.1, -0.05) is 23.9 Å². The number of nitrogens with one attached hydrogen (secondary N) is 1. The highest BCUT2D eigenvalue weighted by atomic mass is 32.2. The summed E-state index contributed by atoms with van der Waals surface area (Å²) in [4.78, 5) is 21.6. The van der Waals surface area contributed by atoms with Crippen LogP contribution in [-0.4, -0.2) is 28.2 Å². The van der Waals surface area contributed by atoms with E-state index in [4.69, 9.17) is 0 Å². The van der Waals surface area contributed by atoms with Crippen molar-refractivity contribution >= 4 is 39.2 Å². The Balaban J connectivity index is 1.50. The predicted octanol–water partition coefficient (Wildman–Crippen LogP) is 4.12. The van der Waals surface area contributed by atoms with E-state index in [0.29, 0.717) is 11.7 Å². The van der Waals surface area contributed by atoms with Crippen molar-refractivity contribution in [3.63, 3.8) is 0 Å². The lowest BCUT2D eigenvalue weighted by Gasteiger charge is -2.04. The Hall–Kier alpha value is -1.99. The van der Waals surface area contributed by atoms with Crippen molar-refractivity contribution < 1.29 is 9.18 Å². The van der Waals surface area contributed by atoms with E-state index in [1.807, 2.05) is 6.07 Å². The molecule has 1 aliphatic rings. The van der Waals surface area contributed by atoms with Gasteiger partial charge < -0.3 is 5.32 Å². The van der Waals surface area contributed by atoms with Crippen molar-refractivity contribution in [3.05, 3.63) is 42.5 Å². The van der Waals surface area contributed by atoms with Crippen molar-refractivity contribution in [2.45, 2.75) is 17.9 Å². The molecule has 1 fully saturated rings. The van der Waals surface area contributed by atoms with Crippen LogP contribution >= 0.6 is 23.1 Å². The number of carbonyl (C=O) groups excluding carboxylic acids is 1. The molecule has 0 saturated heterocycles. The average Bonchev–Trinajstić information content (AvgIpc) is 3.35. The van der Waals surface area contributed by atoms with Gasteiger partial charge in [0.25, 0.3) is 0 Å². The summed E-state index contributed by atoms with van der Waals surface area (Å²) in [5.41, 5.74) is 1.79. The van der Waals surface area contributed by atoms with Crippen molar-refractivity contribution in [2.75, 3.05) is 12.3 Å². The van der Waals surface area contributed by atoms with Gasteiger partial charge in [0.15, 0.2) is 0 Å². The van der Waals surface area contributed by atoms with Gasteiger partial charge >= 0.3 is 0 Å². The standard InChI is InChI=1S/C18H16FN3OS2/c19-13-5-3-12(4-6-13)15-7-14-17(25-15)18(22-10-21-14)24-9-16(23)20-8-11-1-2-11/h3-7,10-11H,1-2,8-9H2,(H,20,23). The highest BCUT2D eigenvalue weighted by Crippen LogP contribution is 2.36. The fraction of sp³-hybridized carbons (Fsp3) is 0.278. The lowest BCUT2D eigenvalue weighted by molar-refractivity contribution is -0.118. The minimum Gasteiger partial charge on any atom is -0.355 e. The average molecular weight is 373 g/mol. The number of hydrogen-bond donors (Lipinski definition) is 1. The molecule has 25 heavy (non-hydrogen) atoms. The van der Waals surface area contributed by atoms with Gasteiger partial charge in [0, 0.05) is 11.4 Å². The third kappa shape index (κ3) is 3.99. The highest BCUT2D eigenvalue weighted by Gasteiger charge is 2.21. The second-order valence-corrected chi connectivity index (χ2v) is 8.06. The van der Waals surface area contributed by atoms with E-state index in [1.165, 1.54) is 43.1 Å². The maximum Gasteiger partial charge on any atom is 0.230 e. The molecule has 1 amide bonds. The summed E-state index contributed by atoms with van der Waals surface area (Å²) in [7, 11) is 0. The monoisotopic (exact) mass is 373 g/mol. The number of aromatic nitrogens is 2. The molecule has 3 aromatic rings. The Morgan fingerprint density at radius 1 is 1.28 bits per heavy atom. The first kappa shape index (κ1) is 16.5. The number of amides is 1. The number of carbonyl (C=O) groups is 1. The molecule has 128 valence electrons. The van der Waals surface area contributed by atoms with E-state index in [-0.39, 0.29) is 11.7 Å². The summed E-state index contributed by atoms with van der Waals surface area (Å²) >= 11 is 2.99. The fourth-order valence-corrected chi connectivity index (χ4v) is 4.49. The van der Waals surface area contributed by atoms with Crippen LogP contribution in [0.1, 0.15) is 12.8 Å². The second kappa shape index (κ2) is 7.09. The molecule has 2 heterocycles. The molecule has 1 aliphatic carbocycles. The van der Waals surface area contributed by atoms with Crippen LogP contribution in [0.4, 0.5) is 4.39 Å². The number of rotatable bonds is 6. The number of nitrogens with zero attached hydrogens (tertiary/aromatic N) is 2. The van der Waals surface area contributed by atoms with Crippen molar-refractivity contribution in [1.29, 1.82) is 0 Å². The molecule has 0 bridgehead atoms. The fourth-order valence-electron chi connectivity index (χ4n) is 2.46. The maximum atomic E-state index is 13.1. The molecule has 4 nitrogen and oxygen atoms in total. The van der Waals surface area contributed by atoms with Crippen molar-refractivity contribution in [2.24, 2.45) is 5.92 Å². The minimum absolute atomic E-state index is 0.0407. The van der Waals surface area contributed by atoms with Crippen LogP contribution in [-0.2, 0) is 4.79 Å². The number of hydrogen-bond acceptors (Lipinski definition) is 5. The normalized spacial score (nSPS) is 14.0. The minimum atomic E-state index is -0.252. The summed E-state index contributed by atoms with van der Waals surface area (Å²) in [5, 5.41) is 3.77. The van der Waals surface area contributed by atoms with E-state index >= 15 is 0 Å². The van der Waals surface area contributed by atoms with Gasteiger partial charge in [-0.25, -0.2) is 14.4 Å². The highest BCUT2D eigenvalue weighted by molar-refractivity contribution is 8.00. The third-order valence-electron chi connectivity index (χ3n) is 4.03. The number of halogens is 1. The molecular weight excluding hydrogens is 357 g/mol. The van der Waals surface area contributed by atoms with Crippen LogP contribution in [0.15, 0.2) is 41.7 Å². The van der Waals surface area contributed by atoms with E-state index in [2.05, 4.69) is 15.3 Å². The van der Waals surface area contributed by atoms with Gasteiger partial charge in [-0.2, -0.15) is 0 Å². The Bertz CT molecular complexity index is 906. The molecule has 0 spiro atoms. The molecule has 1 aromatic carbocycles. The largest absolute Gasteiger partial charge is 0.355 e. The van der Waals surface area contributed by atoms with Gasteiger partial charge in [0.2, 0.25) is 5.91 Å². The zero-order chi connectivity index (χ0) is 17.2. The molecule has 4 rings (SSSR count). The van der Waals surface area contributed by atoms with Crippen molar-refractivity contribution in [1.82, 2.24) is 15.3 Å². The smallest absolute Gasteiger partial charge is 0.230 e. The Labute approximate surface area is 152 Å². The molecule has 0 aliphatic heterocycles. The summed E-state index contributed by atoms with van der Waals surface area (Å²) in [5.74, 6) is 0.815. The quantitative estimate of drug-likeness (QED) is 0.522. The van der Waals surface area contributed by atoms with Gasteiger partial charge in [0.1, 0.15) is 17.2 Å². The molecule has 0 unspecified atom stereocenters. The van der Waals surface area contributed by atoms with Gasteiger partial charge in [-0.15, -0.1) is 11.3 Å². The van der Waals surface area contributed by atoms with E-state index < -0.39 is 0 Å². The topological polar surface area (TPSA) is 54.9 Å². The summed E-state index contributed by atoms with van der Waals surface area (Å²) in [6.07, 6.45) is 3.97. The zero-order valence-corrected chi connectivity index (χ0v) is 15.0. The molecule has 1 N–H and O–H groups in total. The lowest BCUT2D eigenvalue weighted by atomic mass is 10.2. The maximum absolute atomic E-state index is 13.1.